The molecule has 0 amide bonds. The van der Waals surface area contributed by atoms with Crippen LogP contribution in [-0.2, 0) is 6.61 Å². The molecule has 4 aromatic rings. The molecule has 1 aliphatic carbocycles. The Morgan fingerprint density at radius 3 is 2.35 bits per heavy atom. The third-order valence-corrected chi connectivity index (χ3v) is 6.27. The second-order valence-electron chi connectivity index (χ2n) is 8.35. The zero-order chi connectivity index (χ0) is 21.2. The van der Waals surface area contributed by atoms with Gasteiger partial charge in [0.2, 0.25) is 0 Å². The number of hydrogen-bond donors (Lipinski definition) is 1. The van der Waals surface area contributed by atoms with Crippen LogP contribution in [0.2, 0.25) is 0 Å². The van der Waals surface area contributed by atoms with Crippen LogP contribution in [0.3, 0.4) is 0 Å². The van der Waals surface area contributed by atoms with Crippen molar-refractivity contribution < 1.29 is 14.2 Å². The smallest absolute Gasteiger partial charge is 0.129 e. The first-order chi connectivity index (χ1) is 15.2. The average Bonchev–Trinajstić information content (AvgIpc) is 3.19. The molecule has 0 bridgehead atoms. The Labute approximate surface area is 181 Å². The van der Waals surface area contributed by atoms with Crippen molar-refractivity contribution >= 4 is 10.9 Å². The lowest BCUT2D eigenvalue weighted by atomic mass is 9.85. The van der Waals surface area contributed by atoms with Crippen molar-refractivity contribution in [3.63, 3.8) is 0 Å². The van der Waals surface area contributed by atoms with Gasteiger partial charge in [-0.3, -0.25) is 0 Å². The molecule has 158 valence electrons. The predicted molar refractivity (Wildman–Crippen MR) is 121 cm³/mol. The summed E-state index contributed by atoms with van der Waals surface area (Å²) in [6.07, 6.45) is 3.31. The van der Waals surface area contributed by atoms with Crippen LogP contribution in [0.15, 0.2) is 78.9 Å². The molecule has 3 nitrogen and oxygen atoms in total. The first-order valence-corrected chi connectivity index (χ1v) is 10.9. The van der Waals surface area contributed by atoms with Gasteiger partial charge < -0.3 is 14.4 Å². The van der Waals surface area contributed by atoms with Crippen LogP contribution in [0.1, 0.15) is 42.9 Å². The number of nitrogens with zero attached hydrogens (tertiary/aromatic N) is 1. The van der Waals surface area contributed by atoms with Gasteiger partial charge >= 0.3 is 0 Å². The molecular weight excluding hydrogens is 389 g/mol. The summed E-state index contributed by atoms with van der Waals surface area (Å²) < 4.78 is 22.1. The van der Waals surface area contributed by atoms with Gasteiger partial charge in [0.05, 0.1) is 11.6 Å². The lowest BCUT2D eigenvalue weighted by Gasteiger charge is -2.26. The van der Waals surface area contributed by atoms with E-state index in [2.05, 4.69) is 28.8 Å². The zero-order valence-electron chi connectivity index (χ0n) is 17.4. The number of benzene rings is 3. The van der Waals surface area contributed by atoms with Crippen molar-refractivity contribution in [1.82, 2.24) is 4.57 Å². The van der Waals surface area contributed by atoms with E-state index in [1.54, 1.807) is 0 Å². The lowest BCUT2D eigenvalue weighted by molar-refractivity contribution is 0.122. The van der Waals surface area contributed by atoms with Crippen molar-refractivity contribution in [2.45, 2.75) is 44.3 Å². The fourth-order valence-corrected chi connectivity index (χ4v) is 4.64. The topological polar surface area (TPSA) is 34.4 Å². The van der Waals surface area contributed by atoms with E-state index in [1.165, 1.54) is 17.8 Å². The molecule has 0 radical (unpaired) electrons. The largest absolute Gasteiger partial charge is 0.488 e. The minimum atomic E-state index is -0.241. The van der Waals surface area contributed by atoms with Gasteiger partial charge in [-0.1, -0.05) is 36.4 Å². The van der Waals surface area contributed by atoms with E-state index >= 15 is 0 Å². The number of aliphatic hydroxyl groups excluding tert-OH is 1. The number of hydrogen-bond acceptors (Lipinski definition) is 2. The van der Waals surface area contributed by atoms with Crippen molar-refractivity contribution in [3.8, 4) is 11.4 Å². The molecule has 1 fully saturated rings. The van der Waals surface area contributed by atoms with Crippen molar-refractivity contribution in [3.05, 3.63) is 95.9 Å². The van der Waals surface area contributed by atoms with E-state index < -0.39 is 0 Å². The van der Waals surface area contributed by atoms with E-state index in [0.717, 1.165) is 53.6 Å². The molecule has 1 saturated carbocycles. The molecule has 0 unspecified atom stereocenters. The molecule has 0 aliphatic heterocycles. The van der Waals surface area contributed by atoms with Gasteiger partial charge in [-0.2, -0.15) is 0 Å². The first kappa shape index (κ1) is 19.8. The van der Waals surface area contributed by atoms with E-state index in [1.807, 2.05) is 42.5 Å². The summed E-state index contributed by atoms with van der Waals surface area (Å²) in [5, 5.41) is 11.0. The highest BCUT2D eigenvalue weighted by Gasteiger charge is 2.25. The van der Waals surface area contributed by atoms with Gasteiger partial charge in [0, 0.05) is 16.8 Å². The lowest BCUT2D eigenvalue weighted by Crippen LogP contribution is -2.18. The van der Waals surface area contributed by atoms with E-state index in [9.17, 15) is 9.50 Å². The summed E-state index contributed by atoms with van der Waals surface area (Å²) in [5.74, 6) is 0.955. The van der Waals surface area contributed by atoms with Crippen LogP contribution in [0.25, 0.3) is 16.6 Å². The molecule has 3 aromatic carbocycles. The number of rotatable bonds is 5. The molecule has 5 rings (SSSR count). The van der Waals surface area contributed by atoms with Gasteiger partial charge in [0.25, 0.3) is 0 Å². The van der Waals surface area contributed by atoms with Gasteiger partial charge in [-0.15, -0.1) is 0 Å². The van der Waals surface area contributed by atoms with Crippen LogP contribution >= 0.6 is 0 Å². The highest BCUT2D eigenvalue weighted by molar-refractivity contribution is 5.89. The highest BCUT2D eigenvalue weighted by atomic mass is 19.1. The molecule has 0 saturated heterocycles. The summed E-state index contributed by atoms with van der Waals surface area (Å²) >= 11 is 0. The summed E-state index contributed by atoms with van der Waals surface area (Å²) in [5.41, 5.74) is 4.32. The number of fused-ring (bicyclic) bond motifs is 1. The Bertz CT molecular complexity index is 1160. The third kappa shape index (κ3) is 4.08. The van der Waals surface area contributed by atoms with Crippen LogP contribution in [0, 0.1) is 5.82 Å². The molecule has 1 aromatic heterocycles. The molecule has 0 spiro atoms. The number of aromatic nitrogens is 1. The maximum Gasteiger partial charge on any atom is 0.129 e. The highest BCUT2D eigenvalue weighted by Crippen LogP contribution is 2.40. The summed E-state index contributed by atoms with van der Waals surface area (Å²) in [6.45, 7) is 0.507. The normalized spacial score (nSPS) is 18.9. The maximum absolute atomic E-state index is 13.6. The standard InChI is InChI=1S/C27H26FNO2/c28-21-11-13-22(14-12-21)29-25-7-4-8-27(31-18-19-5-2-1-3-6-19)24(25)17-26(29)20-9-15-23(30)16-10-20/h1-8,11-14,17,20,23,30H,9-10,15-16,18H2/t20-,23+. The predicted octanol–water partition coefficient (Wildman–Crippen LogP) is 6.37. The molecule has 4 heteroatoms. The summed E-state index contributed by atoms with van der Waals surface area (Å²) in [6, 6.07) is 25.1. The fourth-order valence-electron chi connectivity index (χ4n) is 4.64. The van der Waals surface area contributed by atoms with Gasteiger partial charge in [-0.05, 0) is 79.6 Å². The average molecular weight is 416 g/mol. The summed E-state index contributed by atoms with van der Waals surface area (Å²) in [4.78, 5) is 0. The van der Waals surface area contributed by atoms with Crippen molar-refractivity contribution in [2.24, 2.45) is 0 Å². The second-order valence-corrected chi connectivity index (χ2v) is 8.35. The minimum absolute atomic E-state index is 0.204. The van der Waals surface area contributed by atoms with Gasteiger partial charge in [-0.25, -0.2) is 4.39 Å². The van der Waals surface area contributed by atoms with E-state index in [-0.39, 0.29) is 11.9 Å². The van der Waals surface area contributed by atoms with Crippen LogP contribution in [0.5, 0.6) is 5.75 Å². The molecule has 1 aliphatic rings. The monoisotopic (exact) mass is 415 g/mol. The van der Waals surface area contributed by atoms with E-state index in [0.29, 0.717) is 12.5 Å². The van der Waals surface area contributed by atoms with Crippen LogP contribution in [0.4, 0.5) is 4.39 Å². The maximum atomic E-state index is 13.6. The number of halogens is 1. The van der Waals surface area contributed by atoms with Crippen LogP contribution < -0.4 is 4.74 Å². The summed E-state index contributed by atoms with van der Waals surface area (Å²) in [7, 11) is 0. The molecular formula is C27H26FNO2. The third-order valence-electron chi connectivity index (χ3n) is 6.27. The quantitative estimate of drug-likeness (QED) is 0.411. The van der Waals surface area contributed by atoms with E-state index in [4.69, 9.17) is 4.74 Å². The van der Waals surface area contributed by atoms with Gasteiger partial charge in [0.15, 0.2) is 0 Å². The van der Waals surface area contributed by atoms with Crippen molar-refractivity contribution in [2.75, 3.05) is 0 Å². The Morgan fingerprint density at radius 2 is 1.61 bits per heavy atom. The number of aliphatic hydroxyl groups is 1. The minimum Gasteiger partial charge on any atom is -0.488 e. The van der Waals surface area contributed by atoms with Crippen LogP contribution in [-0.4, -0.2) is 15.8 Å². The Kier molecular flexibility index (Phi) is 5.47. The first-order valence-electron chi connectivity index (χ1n) is 10.9. The van der Waals surface area contributed by atoms with Crippen molar-refractivity contribution in [1.29, 1.82) is 0 Å². The Balaban J connectivity index is 1.58. The molecule has 0 atom stereocenters. The second kappa shape index (κ2) is 8.56. The molecule has 31 heavy (non-hydrogen) atoms. The SMILES string of the molecule is O[C@H]1CC[C@@H](c2cc3c(OCc4ccccc4)cccc3n2-c2ccc(F)cc2)CC1. The molecule has 1 N–H and O–H groups in total. The molecule has 1 heterocycles. The Morgan fingerprint density at radius 1 is 0.871 bits per heavy atom. The van der Waals surface area contributed by atoms with Gasteiger partial charge in [0.1, 0.15) is 18.2 Å². The Hall–Kier alpha value is -3.11. The fraction of sp³-hybridized carbons (Fsp3) is 0.259. The number of ether oxygens (including phenoxy) is 1. The zero-order valence-corrected chi connectivity index (χ0v) is 17.4.